The number of aryl methyl sites for hydroxylation is 1. The van der Waals surface area contributed by atoms with Crippen LogP contribution in [0, 0.1) is 0 Å². The highest BCUT2D eigenvalue weighted by Crippen LogP contribution is 2.11. The first-order chi connectivity index (χ1) is 9.56. The first kappa shape index (κ1) is 13.5. The molecule has 0 aromatic carbocycles. The first-order valence-electron chi connectivity index (χ1n) is 5.54. The summed E-state index contributed by atoms with van der Waals surface area (Å²) in [6, 6.07) is -1.85. The van der Waals surface area contributed by atoms with Gasteiger partial charge in [-0.15, -0.1) is 10.2 Å². The fraction of sp³-hybridized carbons (Fsp3) is 0.333. The molecule has 11 heteroatoms. The summed E-state index contributed by atoms with van der Waals surface area (Å²) in [5.74, 6) is -0.902. The number of hydrogen-bond donors (Lipinski definition) is 4. The zero-order chi connectivity index (χ0) is 14.5. The lowest BCUT2D eigenvalue weighted by Gasteiger charge is -2.13. The summed E-state index contributed by atoms with van der Waals surface area (Å²) in [6.07, 6.45) is 2.89. The number of H-pyrrole nitrogens is 1. The van der Waals surface area contributed by atoms with Crippen LogP contribution in [0.25, 0.3) is 0 Å². The molecule has 0 saturated carbocycles. The van der Waals surface area contributed by atoms with Gasteiger partial charge in [0.25, 0.3) is 0 Å². The lowest BCUT2D eigenvalue weighted by Crippen LogP contribution is -2.40. The lowest BCUT2D eigenvalue weighted by atomic mass is 10.1. The molecule has 0 fully saturated rings. The molecule has 2 amide bonds. The van der Waals surface area contributed by atoms with Crippen LogP contribution in [0.2, 0.25) is 0 Å². The third-order valence-electron chi connectivity index (χ3n) is 2.38. The number of carboxylic acid groups (broad SMARTS) is 1. The maximum absolute atomic E-state index is 11.6. The number of urea groups is 1. The van der Waals surface area contributed by atoms with Crippen LogP contribution in [0.15, 0.2) is 12.4 Å². The van der Waals surface area contributed by atoms with Crippen molar-refractivity contribution >= 4 is 12.0 Å². The average molecular weight is 280 g/mol. The van der Waals surface area contributed by atoms with Gasteiger partial charge in [0.1, 0.15) is 0 Å². The van der Waals surface area contributed by atoms with Crippen LogP contribution < -0.4 is 10.6 Å². The van der Waals surface area contributed by atoms with Crippen LogP contribution in [0.5, 0.6) is 0 Å². The fourth-order valence-corrected chi connectivity index (χ4v) is 1.48. The Hall–Kier alpha value is -2.98. The molecule has 2 aromatic rings. The Morgan fingerprint density at radius 3 is 2.90 bits per heavy atom. The molecule has 0 bridgehead atoms. The van der Waals surface area contributed by atoms with E-state index in [-0.39, 0.29) is 12.4 Å². The standard InChI is InChI=1S/C9H12N8O3/c1-17-4-5(2-11-17)7(8(18)19)12-9(20)10-3-6-13-15-16-14-6/h2,4,7H,3H2,1H3,(H,18,19)(H2,10,12,20)(H,13,14,15,16). The Kier molecular flexibility index (Phi) is 3.88. The van der Waals surface area contributed by atoms with Gasteiger partial charge in [0.05, 0.1) is 12.7 Å². The minimum absolute atomic E-state index is 0.0295. The van der Waals surface area contributed by atoms with Gasteiger partial charge in [-0.3, -0.25) is 4.68 Å². The van der Waals surface area contributed by atoms with E-state index in [0.29, 0.717) is 5.56 Å². The molecule has 0 aliphatic carbocycles. The molecule has 0 saturated heterocycles. The van der Waals surface area contributed by atoms with E-state index in [1.807, 2.05) is 0 Å². The van der Waals surface area contributed by atoms with Crippen molar-refractivity contribution in [1.82, 2.24) is 41.0 Å². The number of carbonyl (C=O) groups is 2. The quantitative estimate of drug-likeness (QED) is 0.523. The smallest absolute Gasteiger partial charge is 0.331 e. The van der Waals surface area contributed by atoms with Crippen LogP contribution in [-0.4, -0.2) is 47.5 Å². The number of aliphatic carboxylic acids is 1. The van der Waals surface area contributed by atoms with E-state index in [2.05, 4.69) is 36.4 Å². The van der Waals surface area contributed by atoms with Gasteiger partial charge in [-0.05, 0) is 0 Å². The molecule has 0 aliphatic heterocycles. The molecule has 1 atom stereocenters. The van der Waals surface area contributed by atoms with Crippen LogP contribution in [-0.2, 0) is 18.4 Å². The Morgan fingerprint density at radius 1 is 1.55 bits per heavy atom. The SMILES string of the molecule is Cn1cc(C(NC(=O)NCc2nn[nH]n2)C(=O)O)cn1. The summed E-state index contributed by atoms with van der Waals surface area (Å²) in [5, 5.41) is 30.6. The molecule has 2 heterocycles. The van der Waals surface area contributed by atoms with Crippen molar-refractivity contribution in [3.8, 4) is 0 Å². The lowest BCUT2D eigenvalue weighted by molar-refractivity contribution is -0.139. The molecular formula is C9H12N8O3. The topological polar surface area (TPSA) is 151 Å². The van der Waals surface area contributed by atoms with Gasteiger partial charge in [-0.2, -0.15) is 10.3 Å². The summed E-state index contributed by atoms with van der Waals surface area (Å²) < 4.78 is 1.45. The van der Waals surface area contributed by atoms with Crippen molar-refractivity contribution < 1.29 is 14.7 Å². The van der Waals surface area contributed by atoms with Crippen molar-refractivity contribution in [2.24, 2.45) is 7.05 Å². The summed E-state index contributed by atoms with van der Waals surface area (Å²) in [4.78, 5) is 22.8. The van der Waals surface area contributed by atoms with E-state index in [1.165, 1.54) is 17.1 Å². The minimum Gasteiger partial charge on any atom is -0.479 e. The summed E-state index contributed by atoms with van der Waals surface area (Å²) in [6.45, 7) is 0.0295. The Labute approximate surface area is 112 Å². The number of carboxylic acids is 1. The zero-order valence-corrected chi connectivity index (χ0v) is 10.4. The average Bonchev–Trinajstić information content (AvgIpc) is 3.04. The second-order valence-electron chi connectivity index (χ2n) is 3.87. The number of nitrogens with one attached hydrogen (secondary N) is 3. The van der Waals surface area contributed by atoms with Crippen LogP contribution in [0.1, 0.15) is 17.4 Å². The highest BCUT2D eigenvalue weighted by atomic mass is 16.4. The molecule has 0 spiro atoms. The number of rotatable bonds is 5. The van der Waals surface area contributed by atoms with Crippen LogP contribution in [0.3, 0.4) is 0 Å². The summed E-state index contributed by atoms with van der Waals surface area (Å²) >= 11 is 0. The highest BCUT2D eigenvalue weighted by Gasteiger charge is 2.23. The predicted octanol–water partition coefficient (Wildman–Crippen LogP) is -1.44. The first-order valence-corrected chi connectivity index (χ1v) is 5.54. The third kappa shape index (κ3) is 3.28. The van der Waals surface area contributed by atoms with Crippen LogP contribution >= 0.6 is 0 Å². The number of aromatic nitrogens is 6. The van der Waals surface area contributed by atoms with Gasteiger partial charge in [0, 0.05) is 18.8 Å². The maximum Gasteiger partial charge on any atom is 0.331 e. The molecule has 0 radical (unpaired) electrons. The van der Waals surface area contributed by atoms with E-state index < -0.39 is 18.0 Å². The van der Waals surface area contributed by atoms with Gasteiger partial charge in [-0.1, -0.05) is 5.21 Å². The molecule has 4 N–H and O–H groups in total. The molecule has 2 rings (SSSR count). The normalized spacial score (nSPS) is 11.8. The fourth-order valence-electron chi connectivity index (χ4n) is 1.48. The van der Waals surface area contributed by atoms with Crippen molar-refractivity contribution in [3.63, 3.8) is 0 Å². The third-order valence-corrected chi connectivity index (χ3v) is 2.38. The second-order valence-corrected chi connectivity index (χ2v) is 3.87. The van der Waals surface area contributed by atoms with Crippen molar-refractivity contribution in [2.75, 3.05) is 0 Å². The van der Waals surface area contributed by atoms with Gasteiger partial charge in [0.2, 0.25) is 0 Å². The van der Waals surface area contributed by atoms with E-state index in [9.17, 15) is 9.59 Å². The van der Waals surface area contributed by atoms with Gasteiger partial charge in [-0.25, -0.2) is 9.59 Å². The number of tetrazole rings is 1. The Balaban J connectivity index is 1.94. The molecule has 0 aliphatic rings. The van der Waals surface area contributed by atoms with E-state index in [0.717, 1.165) is 0 Å². The molecule has 20 heavy (non-hydrogen) atoms. The number of hydrogen-bond acceptors (Lipinski definition) is 6. The van der Waals surface area contributed by atoms with E-state index in [1.54, 1.807) is 7.05 Å². The molecule has 106 valence electrons. The predicted molar refractivity (Wildman–Crippen MR) is 63.1 cm³/mol. The largest absolute Gasteiger partial charge is 0.479 e. The van der Waals surface area contributed by atoms with E-state index >= 15 is 0 Å². The van der Waals surface area contributed by atoms with Gasteiger partial charge >= 0.3 is 12.0 Å². The van der Waals surface area contributed by atoms with Gasteiger partial charge in [0.15, 0.2) is 11.9 Å². The summed E-state index contributed by atoms with van der Waals surface area (Å²) in [5.41, 5.74) is 0.370. The highest BCUT2D eigenvalue weighted by molar-refractivity contribution is 5.83. The summed E-state index contributed by atoms with van der Waals surface area (Å²) in [7, 11) is 1.65. The van der Waals surface area contributed by atoms with Crippen molar-refractivity contribution in [3.05, 3.63) is 23.8 Å². The second kappa shape index (κ2) is 5.77. The van der Waals surface area contributed by atoms with E-state index in [4.69, 9.17) is 5.11 Å². The Morgan fingerprint density at radius 2 is 2.35 bits per heavy atom. The number of aromatic amines is 1. The van der Waals surface area contributed by atoms with Crippen molar-refractivity contribution in [1.29, 1.82) is 0 Å². The number of carbonyl (C=O) groups excluding carboxylic acids is 1. The number of amides is 2. The van der Waals surface area contributed by atoms with Crippen LogP contribution in [0.4, 0.5) is 4.79 Å². The molecular weight excluding hydrogens is 268 g/mol. The molecule has 1 unspecified atom stereocenters. The molecule has 2 aromatic heterocycles. The maximum atomic E-state index is 11.6. The number of nitrogens with zero attached hydrogens (tertiary/aromatic N) is 5. The minimum atomic E-state index is -1.19. The Bertz CT molecular complexity index is 592. The molecule has 11 nitrogen and oxygen atoms in total. The zero-order valence-electron chi connectivity index (χ0n) is 10.4. The van der Waals surface area contributed by atoms with Crippen molar-refractivity contribution in [2.45, 2.75) is 12.6 Å². The van der Waals surface area contributed by atoms with Gasteiger partial charge < -0.3 is 15.7 Å². The monoisotopic (exact) mass is 280 g/mol.